The van der Waals surface area contributed by atoms with Crippen molar-refractivity contribution in [1.82, 2.24) is 0 Å². The number of hydrogen-bond donors (Lipinski definition) is 1. The molecule has 1 fully saturated rings. The first-order valence-electron chi connectivity index (χ1n) is 14.9. The Morgan fingerprint density at radius 1 is 0.595 bits per heavy atom. The van der Waals surface area contributed by atoms with E-state index in [2.05, 4.69) is 90.3 Å². The highest BCUT2D eigenvalue weighted by molar-refractivity contribution is 7.79. The summed E-state index contributed by atoms with van der Waals surface area (Å²) >= 11 is 3.53. The summed E-state index contributed by atoms with van der Waals surface area (Å²) < 4.78 is 28.1. The summed E-state index contributed by atoms with van der Waals surface area (Å²) in [7, 11) is -10.6. The molecule has 4 nitrogen and oxygen atoms in total. The summed E-state index contributed by atoms with van der Waals surface area (Å²) in [5.41, 5.74) is 0. The summed E-state index contributed by atoms with van der Waals surface area (Å²) in [5, 5.41) is 0. The molecule has 0 aliphatic heterocycles. The highest BCUT2D eigenvalue weighted by atomic mass is 32.1. The van der Waals surface area contributed by atoms with Crippen LogP contribution in [0.15, 0.2) is 12.2 Å². The average Bonchev–Trinajstić information content (AvgIpc) is 2.76. The van der Waals surface area contributed by atoms with Gasteiger partial charge in [0.15, 0.2) is 16.6 Å². The molecule has 0 N–H and O–H groups in total. The van der Waals surface area contributed by atoms with Gasteiger partial charge in [-0.05, 0) is 128 Å². The van der Waals surface area contributed by atoms with Gasteiger partial charge < -0.3 is 16.5 Å². The maximum absolute atomic E-state index is 7.35. The van der Waals surface area contributed by atoms with Crippen LogP contribution in [0.3, 0.4) is 0 Å². The number of thiol groups is 1. The topological polar surface area (TPSA) is 36.9 Å². The summed E-state index contributed by atoms with van der Waals surface area (Å²) in [4.78, 5) is 0. The molecular weight excluding hydrogens is 561 g/mol. The zero-order chi connectivity index (χ0) is 28.4. The Morgan fingerprint density at radius 2 is 1.11 bits per heavy atom. The van der Waals surface area contributed by atoms with Crippen molar-refractivity contribution in [1.29, 1.82) is 0 Å². The van der Waals surface area contributed by atoms with Crippen LogP contribution in [0.2, 0.25) is 77.6 Å². The van der Waals surface area contributed by atoms with E-state index in [1.807, 2.05) is 0 Å². The molecule has 2 aliphatic rings. The van der Waals surface area contributed by atoms with Gasteiger partial charge in [-0.15, -0.1) is 0 Å². The van der Waals surface area contributed by atoms with Gasteiger partial charge in [0, 0.05) is 0 Å². The van der Waals surface area contributed by atoms with Crippen molar-refractivity contribution in [2.24, 2.45) is 11.8 Å². The van der Waals surface area contributed by atoms with Gasteiger partial charge in [-0.3, -0.25) is 0 Å². The van der Waals surface area contributed by atoms with Crippen LogP contribution in [0.1, 0.15) is 64.2 Å². The maximum atomic E-state index is 7.35. The average molecular weight is 623 g/mol. The van der Waals surface area contributed by atoms with Crippen LogP contribution >= 0.6 is 12.6 Å². The van der Waals surface area contributed by atoms with E-state index in [-0.39, 0.29) is 0 Å². The van der Waals surface area contributed by atoms with Gasteiger partial charge in [0.05, 0.1) is 0 Å². The highest BCUT2D eigenvalue weighted by Gasteiger charge is 2.49. The number of rotatable bonds is 14. The lowest BCUT2D eigenvalue weighted by atomic mass is 9.88. The van der Waals surface area contributed by atoms with Crippen LogP contribution in [-0.4, -0.2) is 48.6 Å². The first kappa shape index (κ1) is 36.0. The van der Waals surface area contributed by atoms with E-state index in [9.17, 15) is 0 Å². The second-order valence-corrected chi connectivity index (χ2v) is 34.1. The van der Waals surface area contributed by atoms with E-state index in [4.69, 9.17) is 16.5 Å². The fraction of sp³-hybridized carbons (Fsp3) is 0.926. The summed E-state index contributed by atoms with van der Waals surface area (Å²) in [5.74, 6) is 1.61. The first-order valence-corrected chi connectivity index (χ1v) is 30.5. The molecule has 0 bridgehead atoms. The van der Waals surface area contributed by atoms with Crippen molar-refractivity contribution in [3.05, 3.63) is 12.2 Å². The van der Waals surface area contributed by atoms with Gasteiger partial charge in [-0.1, -0.05) is 44.3 Å². The van der Waals surface area contributed by atoms with Crippen molar-refractivity contribution < 1.29 is 16.5 Å². The monoisotopic (exact) mass is 622 g/mol. The largest absolute Gasteiger partial charge is 0.437 e. The smallest absolute Gasteiger partial charge is 0.317 e. The van der Waals surface area contributed by atoms with Gasteiger partial charge >= 0.3 is 25.7 Å². The molecule has 0 aromatic carbocycles. The van der Waals surface area contributed by atoms with Crippen molar-refractivity contribution in [3.63, 3.8) is 0 Å². The van der Waals surface area contributed by atoms with Gasteiger partial charge in [-0.25, -0.2) is 0 Å². The summed E-state index contributed by atoms with van der Waals surface area (Å²) in [6.45, 7) is 23.0. The van der Waals surface area contributed by atoms with E-state index in [0.717, 1.165) is 23.9 Å². The van der Waals surface area contributed by atoms with E-state index < -0.39 is 42.3 Å². The van der Waals surface area contributed by atoms with Crippen molar-refractivity contribution in [2.45, 2.75) is 142 Å². The molecule has 0 radical (unpaired) electrons. The fourth-order valence-electron chi connectivity index (χ4n) is 6.16. The normalized spacial score (nSPS) is 23.1. The van der Waals surface area contributed by atoms with Crippen LogP contribution < -0.4 is 0 Å². The Morgan fingerprint density at radius 3 is 1.59 bits per heavy atom. The predicted octanol–water partition coefficient (Wildman–Crippen LogP) is 9.83. The zero-order valence-corrected chi connectivity index (χ0v) is 32.3. The molecule has 0 aromatic heterocycles. The molecule has 3 unspecified atom stereocenters. The fourth-order valence-corrected chi connectivity index (χ4v) is 30.2. The van der Waals surface area contributed by atoms with E-state index in [1.54, 1.807) is 6.26 Å². The molecule has 0 saturated heterocycles. The third kappa shape index (κ3) is 16.1. The molecule has 2 aliphatic carbocycles. The first-order chi connectivity index (χ1) is 17.0. The quantitative estimate of drug-likeness (QED) is 0.119. The zero-order valence-electron chi connectivity index (χ0n) is 26.4. The summed E-state index contributed by atoms with van der Waals surface area (Å²) in [6.07, 6.45) is 19.6. The number of hydrogen-bond acceptors (Lipinski definition) is 5. The Balaban J connectivity index is 0.00000334. The Labute approximate surface area is 242 Å². The molecule has 37 heavy (non-hydrogen) atoms. The number of allylic oxidation sites excluding steroid dienone is 2. The maximum Gasteiger partial charge on any atom is 0.317 e. The van der Waals surface area contributed by atoms with E-state index in [1.165, 1.54) is 64.2 Å². The van der Waals surface area contributed by atoms with Crippen molar-refractivity contribution in [3.8, 4) is 0 Å². The lowest BCUT2D eigenvalue weighted by molar-refractivity contribution is 0.276. The van der Waals surface area contributed by atoms with Crippen LogP contribution in [0, 0.1) is 11.8 Å². The van der Waals surface area contributed by atoms with E-state index >= 15 is 0 Å². The molecular formula is C27H62O4SSi5. The molecule has 0 amide bonds. The second-order valence-electron chi connectivity index (χ2n) is 14.0. The highest BCUT2D eigenvalue weighted by Crippen LogP contribution is 2.36. The Kier molecular flexibility index (Phi) is 15.5. The van der Waals surface area contributed by atoms with Crippen molar-refractivity contribution in [2.75, 3.05) is 6.26 Å². The molecule has 0 aromatic rings. The molecule has 2 rings (SSSR count). The molecule has 220 valence electrons. The minimum Gasteiger partial charge on any atom is -0.437 e. The third-order valence-electron chi connectivity index (χ3n) is 7.08. The van der Waals surface area contributed by atoms with Crippen LogP contribution in [-0.2, 0) is 16.5 Å². The Bertz CT molecular complexity index is 677. The Hall–Kier alpha value is 1.01. The molecule has 0 spiro atoms. The van der Waals surface area contributed by atoms with Crippen LogP contribution in [0.25, 0.3) is 0 Å². The van der Waals surface area contributed by atoms with Crippen LogP contribution in [0.5, 0.6) is 0 Å². The van der Waals surface area contributed by atoms with E-state index in [0.29, 0.717) is 0 Å². The lowest BCUT2D eigenvalue weighted by Crippen LogP contribution is -2.60. The molecule has 1 saturated carbocycles. The SMILES string of the molecule is CS.C[Si](C)(C)O[Si](C)(C)O[Si](C)(CCC1CC=CCC1)O[Si](C)(CCC1CCCCC1)O[Si](C)(C)C. The van der Waals surface area contributed by atoms with Gasteiger partial charge in [0.25, 0.3) is 0 Å². The van der Waals surface area contributed by atoms with Crippen molar-refractivity contribution >= 4 is 54.9 Å². The van der Waals surface area contributed by atoms with Gasteiger partial charge in [0.1, 0.15) is 0 Å². The molecule has 3 atom stereocenters. The minimum absolute atomic E-state index is 0.759. The van der Waals surface area contributed by atoms with Crippen LogP contribution in [0.4, 0.5) is 0 Å². The molecule has 0 heterocycles. The third-order valence-corrected chi connectivity index (χ3v) is 25.2. The van der Waals surface area contributed by atoms with Gasteiger partial charge in [-0.2, -0.15) is 12.6 Å². The molecule has 10 heteroatoms. The minimum atomic E-state index is -2.50. The second kappa shape index (κ2) is 15.9. The van der Waals surface area contributed by atoms with Gasteiger partial charge in [0.2, 0.25) is 0 Å². The standard InChI is InChI=1S/C26H58O4Si5.CH4S/c1-31(2,3)27-33(7,8)29-35(10,24-22-26-19-15-12-16-20-26)30-34(9,28-32(4,5)6)23-21-25-17-13-11-14-18-25;1-2/h12,15,25-26H,11,13-14,16-24H2,1-10H3;2H,1H3. The predicted molar refractivity (Wildman–Crippen MR) is 179 cm³/mol. The summed E-state index contributed by atoms with van der Waals surface area (Å²) in [6, 6.07) is 2.16. The lowest BCUT2D eigenvalue weighted by Gasteiger charge is -2.45.